The van der Waals surface area contributed by atoms with Crippen molar-refractivity contribution in [3.8, 4) is 5.75 Å². The molecule has 0 aliphatic carbocycles. The van der Waals surface area contributed by atoms with Gasteiger partial charge < -0.3 is 30.3 Å². The van der Waals surface area contributed by atoms with Crippen molar-refractivity contribution in [3.05, 3.63) is 42.3 Å². The summed E-state index contributed by atoms with van der Waals surface area (Å²) in [7, 11) is 1.32. The zero-order chi connectivity index (χ0) is 20.1. The van der Waals surface area contributed by atoms with E-state index in [0.717, 1.165) is 0 Å². The number of para-hydroxylation sites is 1. The molecule has 1 aliphatic rings. The van der Waals surface area contributed by atoms with Crippen LogP contribution in [0.4, 0.5) is 31.2 Å². The Bertz CT molecular complexity index is 871. The fourth-order valence-corrected chi connectivity index (χ4v) is 2.95. The highest BCUT2D eigenvalue weighted by molar-refractivity contribution is 6.02. The monoisotopic (exact) mass is 389 g/mol. The number of benzene rings is 1. The predicted octanol–water partition coefficient (Wildman–Crippen LogP) is 2.67. The van der Waals surface area contributed by atoms with E-state index in [1.165, 1.54) is 30.2 Å². The average Bonchev–Trinajstić information content (AvgIpc) is 2.68. The highest BCUT2D eigenvalue weighted by atomic mass is 19.1. The second-order valence-electron chi connectivity index (χ2n) is 6.03. The summed E-state index contributed by atoms with van der Waals surface area (Å²) in [6, 6.07) is 7.01. The van der Waals surface area contributed by atoms with Crippen molar-refractivity contribution < 1.29 is 23.8 Å². The Morgan fingerprint density at radius 3 is 2.46 bits per heavy atom. The average molecular weight is 389 g/mol. The molecule has 0 saturated carbocycles. The summed E-state index contributed by atoms with van der Waals surface area (Å²) >= 11 is 0. The number of amides is 3. The van der Waals surface area contributed by atoms with Crippen molar-refractivity contribution in [2.75, 3.05) is 48.8 Å². The Kier molecular flexibility index (Phi) is 5.78. The first-order chi connectivity index (χ1) is 13.5. The summed E-state index contributed by atoms with van der Waals surface area (Å²) in [6.07, 6.45) is 0.639. The van der Waals surface area contributed by atoms with Crippen LogP contribution in [0.2, 0.25) is 0 Å². The van der Waals surface area contributed by atoms with Crippen LogP contribution in [0.25, 0.3) is 0 Å². The molecule has 1 aliphatic heterocycles. The number of aromatic nitrogens is 1. The van der Waals surface area contributed by atoms with Gasteiger partial charge in [0.05, 0.1) is 18.5 Å². The Hall–Kier alpha value is -3.56. The number of nitrogens with zero attached hydrogens (tertiary/aromatic N) is 3. The molecule has 2 aromatic rings. The van der Waals surface area contributed by atoms with Crippen molar-refractivity contribution in [1.29, 1.82) is 0 Å². The van der Waals surface area contributed by atoms with E-state index in [-0.39, 0.29) is 11.4 Å². The number of hydrogen-bond donors (Lipinski definition) is 3. The number of methoxy groups -OCH3 is 1. The molecule has 0 bridgehead atoms. The molecule has 28 heavy (non-hydrogen) atoms. The van der Waals surface area contributed by atoms with Crippen LogP contribution < -0.4 is 20.3 Å². The van der Waals surface area contributed by atoms with Crippen LogP contribution in [-0.4, -0.2) is 60.4 Å². The first-order valence-corrected chi connectivity index (χ1v) is 8.58. The van der Waals surface area contributed by atoms with Crippen LogP contribution >= 0.6 is 0 Å². The number of carboxylic acid groups (broad SMARTS) is 1. The molecular formula is C18H20FN5O4. The number of hydrogen-bond acceptors (Lipinski definition) is 5. The van der Waals surface area contributed by atoms with E-state index in [1.807, 2.05) is 4.90 Å². The number of ether oxygens (including phenoxy) is 1. The largest absolute Gasteiger partial charge is 0.492 e. The van der Waals surface area contributed by atoms with Crippen molar-refractivity contribution in [3.63, 3.8) is 0 Å². The maximum absolute atomic E-state index is 13.8. The molecule has 3 rings (SSSR count). The summed E-state index contributed by atoms with van der Waals surface area (Å²) in [5.41, 5.74) is 0.652. The van der Waals surface area contributed by atoms with Gasteiger partial charge in [0.15, 0.2) is 17.4 Å². The van der Waals surface area contributed by atoms with E-state index < -0.39 is 17.9 Å². The molecule has 148 valence electrons. The summed E-state index contributed by atoms with van der Waals surface area (Å²) in [4.78, 5) is 31.0. The number of pyridine rings is 1. The van der Waals surface area contributed by atoms with Gasteiger partial charge in [0.25, 0.3) is 0 Å². The first kappa shape index (κ1) is 19.2. The normalized spacial score (nSPS) is 13.8. The van der Waals surface area contributed by atoms with Crippen molar-refractivity contribution >= 4 is 29.3 Å². The van der Waals surface area contributed by atoms with Gasteiger partial charge in [-0.25, -0.2) is 19.0 Å². The van der Waals surface area contributed by atoms with Crippen LogP contribution in [0, 0.1) is 5.82 Å². The highest BCUT2D eigenvalue weighted by Gasteiger charge is 2.23. The standard InChI is InChI=1S/C18H20FN5O4/c1-28-15-12(19)4-2-5-13(15)21-17(25)22-14-6-3-7-20-16(14)23-8-10-24(11-9-23)18(26)27/h2-7H,8-11H2,1H3,(H,26,27)(H2,21,22,25). The van der Waals surface area contributed by atoms with Crippen LogP contribution in [0.5, 0.6) is 5.75 Å². The Balaban J connectivity index is 1.71. The summed E-state index contributed by atoms with van der Waals surface area (Å²) in [5, 5.41) is 14.3. The van der Waals surface area contributed by atoms with Crippen molar-refractivity contribution in [2.45, 2.75) is 0 Å². The van der Waals surface area contributed by atoms with Gasteiger partial charge in [-0.05, 0) is 24.3 Å². The molecule has 3 N–H and O–H groups in total. The molecule has 3 amide bonds. The third kappa shape index (κ3) is 4.22. The van der Waals surface area contributed by atoms with Gasteiger partial charge in [0.2, 0.25) is 0 Å². The van der Waals surface area contributed by atoms with E-state index in [2.05, 4.69) is 15.6 Å². The molecule has 0 radical (unpaired) electrons. The Morgan fingerprint density at radius 1 is 1.11 bits per heavy atom. The number of urea groups is 1. The van der Waals surface area contributed by atoms with Crippen LogP contribution in [0.3, 0.4) is 0 Å². The molecule has 2 heterocycles. The molecule has 1 saturated heterocycles. The van der Waals surface area contributed by atoms with Crippen molar-refractivity contribution in [1.82, 2.24) is 9.88 Å². The molecule has 1 aromatic carbocycles. The minimum atomic E-state index is -0.956. The molecule has 0 spiro atoms. The second kappa shape index (κ2) is 8.42. The van der Waals surface area contributed by atoms with E-state index in [4.69, 9.17) is 9.84 Å². The zero-order valence-electron chi connectivity index (χ0n) is 15.2. The fourth-order valence-electron chi connectivity index (χ4n) is 2.95. The molecule has 1 aromatic heterocycles. The lowest BCUT2D eigenvalue weighted by Gasteiger charge is -2.34. The molecular weight excluding hydrogens is 369 g/mol. The lowest BCUT2D eigenvalue weighted by molar-refractivity contribution is 0.142. The number of nitrogens with one attached hydrogen (secondary N) is 2. The van der Waals surface area contributed by atoms with Crippen LogP contribution in [-0.2, 0) is 0 Å². The number of rotatable bonds is 4. The summed E-state index contributed by atoms with van der Waals surface area (Å²) < 4.78 is 18.7. The smallest absolute Gasteiger partial charge is 0.407 e. The molecule has 0 unspecified atom stereocenters. The van der Waals surface area contributed by atoms with Gasteiger partial charge >= 0.3 is 12.1 Å². The van der Waals surface area contributed by atoms with E-state index in [9.17, 15) is 14.0 Å². The van der Waals surface area contributed by atoms with Gasteiger partial charge in [-0.2, -0.15) is 0 Å². The minimum absolute atomic E-state index is 0.0612. The highest BCUT2D eigenvalue weighted by Crippen LogP contribution is 2.28. The number of carbonyl (C=O) groups excluding carboxylic acids is 1. The maximum Gasteiger partial charge on any atom is 0.407 e. The van der Waals surface area contributed by atoms with Gasteiger partial charge in [-0.3, -0.25) is 0 Å². The summed E-state index contributed by atoms with van der Waals surface area (Å²) in [6.45, 7) is 1.60. The number of anilines is 3. The van der Waals surface area contributed by atoms with Crippen molar-refractivity contribution in [2.24, 2.45) is 0 Å². The van der Waals surface area contributed by atoms with E-state index >= 15 is 0 Å². The lowest BCUT2D eigenvalue weighted by atomic mass is 10.2. The summed E-state index contributed by atoms with van der Waals surface area (Å²) in [5.74, 6) is -0.110. The third-order valence-corrected chi connectivity index (χ3v) is 4.30. The van der Waals surface area contributed by atoms with Gasteiger partial charge in [0.1, 0.15) is 0 Å². The molecule has 0 atom stereocenters. The van der Waals surface area contributed by atoms with Crippen LogP contribution in [0.1, 0.15) is 0 Å². The minimum Gasteiger partial charge on any atom is -0.492 e. The third-order valence-electron chi connectivity index (χ3n) is 4.30. The maximum atomic E-state index is 13.8. The first-order valence-electron chi connectivity index (χ1n) is 8.58. The second-order valence-corrected chi connectivity index (χ2v) is 6.03. The van der Waals surface area contributed by atoms with Gasteiger partial charge in [-0.1, -0.05) is 6.07 Å². The van der Waals surface area contributed by atoms with Gasteiger partial charge in [-0.15, -0.1) is 0 Å². The molecule has 1 fully saturated rings. The Morgan fingerprint density at radius 2 is 1.79 bits per heavy atom. The van der Waals surface area contributed by atoms with E-state index in [0.29, 0.717) is 37.7 Å². The molecule has 9 nitrogen and oxygen atoms in total. The van der Waals surface area contributed by atoms with Gasteiger partial charge in [0, 0.05) is 32.4 Å². The predicted molar refractivity (Wildman–Crippen MR) is 102 cm³/mol. The van der Waals surface area contributed by atoms with Crippen LogP contribution in [0.15, 0.2) is 36.5 Å². The Labute approximate surface area is 160 Å². The zero-order valence-corrected chi connectivity index (χ0v) is 15.2. The fraction of sp³-hybridized carbons (Fsp3) is 0.278. The quantitative estimate of drug-likeness (QED) is 0.742. The number of piperazine rings is 1. The SMILES string of the molecule is COc1c(F)cccc1NC(=O)Nc1cccnc1N1CCN(C(=O)O)CC1. The lowest BCUT2D eigenvalue weighted by Crippen LogP contribution is -2.48. The molecule has 10 heteroatoms. The number of carbonyl (C=O) groups is 2. The topological polar surface area (TPSA) is 107 Å². The number of halogens is 1. The van der Waals surface area contributed by atoms with E-state index in [1.54, 1.807) is 18.3 Å².